The van der Waals surface area contributed by atoms with E-state index in [0.29, 0.717) is 19.5 Å². The first-order valence-corrected chi connectivity index (χ1v) is 4.60. The average molecular weight is 197 g/mol. The molecule has 1 rings (SSSR count). The molecule has 4 heteroatoms. The molecule has 78 valence electrons. The van der Waals surface area contributed by atoms with Crippen LogP contribution < -0.4 is 0 Å². The van der Waals surface area contributed by atoms with Gasteiger partial charge in [0.05, 0.1) is 0 Å². The number of aldehydes is 1. The summed E-state index contributed by atoms with van der Waals surface area (Å²) in [7, 11) is 0. The Balaban J connectivity index is 2.80. The van der Waals surface area contributed by atoms with Crippen LogP contribution in [0.2, 0.25) is 0 Å². The number of piperidine rings is 1. The molecule has 1 N–H and O–H groups in total. The first-order chi connectivity index (χ1) is 6.47. The van der Waals surface area contributed by atoms with E-state index in [1.165, 1.54) is 4.90 Å². The molecule has 14 heavy (non-hydrogen) atoms. The standard InChI is InChI=1S/C10H15NO3/c1-10(2)7-11(9(13)14)5-3-8(10)4-6-12/h4,6H,3,5,7H2,1-2H3,(H,13,14). The average Bonchev–Trinajstić information content (AvgIpc) is 2.08. The second-order valence-electron chi connectivity index (χ2n) is 4.17. The smallest absolute Gasteiger partial charge is 0.407 e. The second-order valence-corrected chi connectivity index (χ2v) is 4.17. The quantitative estimate of drug-likeness (QED) is 0.512. The second kappa shape index (κ2) is 3.82. The van der Waals surface area contributed by atoms with Crippen molar-refractivity contribution in [1.29, 1.82) is 0 Å². The van der Waals surface area contributed by atoms with Crippen molar-refractivity contribution in [1.82, 2.24) is 4.90 Å². The van der Waals surface area contributed by atoms with Crippen molar-refractivity contribution >= 4 is 12.4 Å². The number of hydrogen-bond acceptors (Lipinski definition) is 2. The van der Waals surface area contributed by atoms with Crippen LogP contribution in [0.15, 0.2) is 11.6 Å². The highest BCUT2D eigenvalue weighted by Crippen LogP contribution is 2.33. The summed E-state index contributed by atoms with van der Waals surface area (Å²) in [6, 6.07) is 0. The highest BCUT2D eigenvalue weighted by Gasteiger charge is 2.32. The number of amides is 1. The van der Waals surface area contributed by atoms with Gasteiger partial charge in [0, 0.05) is 18.5 Å². The van der Waals surface area contributed by atoms with E-state index in [1.54, 1.807) is 6.08 Å². The van der Waals surface area contributed by atoms with E-state index in [-0.39, 0.29) is 5.41 Å². The molecule has 0 radical (unpaired) electrons. The number of carbonyl (C=O) groups excluding carboxylic acids is 1. The lowest BCUT2D eigenvalue weighted by molar-refractivity contribution is -0.104. The van der Waals surface area contributed by atoms with Crippen molar-refractivity contribution in [3.05, 3.63) is 11.6 Å². The molecule has 0 saturated carbocycles. The van der Waals surface area contributed by atoms with Gasteiger partial charge in [0.2, 0.25) is 0 Å². The highest BCUT2D eigenvalue weighted by atomic mass is 16.4. The van der Waals surface area contributed by atoms with E-state index in [4.69, 9.17) is 5.11 Å². The Hall–Kier alpha value is -1.32. The van der Waals surface area contributed by atoms with Crippen molar-refractivity contribution < 1.29 is 14.7 Å². The van der Waals surface area contributed by atoms with Gasteiger partial charge in [0.25, 0.3) is 0 Å². The zero-order chi connectivity index (χ0) is 10.8. The zero-order valence-electron chi connectivity index (χ0n) is 8.49. The van der Waals surface area contributed by atoms with E-state index >= 15 is 0 Å². The summed E-state index contributed by atoms with van der Waals surface area (Å²) in [5.74, 6) is 0. The summed E-state index contributed by atoms with van der Waals surface area (Å²) in [6.07, 6.45) is 2.09. The van der Waals surface area contributed by atoms with Crippen LogP contribution in [0, 0.1) is 5.41 Å². The molecule has 1 saturated heterocycles. The van der Waals surface area contributed by atoms with Gasteiger partial charge in [-0.3, -0.25) is 4.79 Å². The molecule has 0 aromatic carbocycles. The van der Waals surface area contributed by atoms with Crippen molar-refractivity contribution in [2.24, 2.45) is 5.41 Å². The minimum Gasteiger partial charge on any atom is -0.465 e. The van der Waals surface area contributed by atoms with E-state index in [1.807, 2.05) is 13.8 Å². The van der Waals surface area contributed by atoms with Gasteiger partial charge in [-0.15, -0.1) is 0 Å². The molecule has 1 aliphatic rings. The number of carbonyl (C=O) groups is 2. The maximum Gasteiger partial charge on any atom is 0.407 e. The molecule has 0 atom stereocenters. The van der Waals surface area contributed by atoms with Crippen molar-refractivity contribution in [3.63, 3.8) is 0 Å². The largest absolute Gasteiger partial charge is 0.465 e. The highest BCUT2D eigenvalue weighted by molar-refractivity contribution is 5.68. The summed E-state index contributed by atoms with van der Waals surface area (Å²) in [5, 5.41) is 8.82. The Bertz CT molecular complexity index is 281. The number of rotatable bonds is 1. The van der Waals surface area contributed by atoms with Crippen molar-refractivity contribution in [2.45, 2.75) is 20.3 Å². The van der Waals surface area contributed by atoms with Gasteiger partial charge >= 0.3 is 6.09 Å². The summed E-state index contributed by atoms with van der Waals surface area (Å²) >= 11 is 0. The molecule has 1 amide bonds. The topological polar surface area (TPSA) is 57.6 Å². The van der Waals surface area contributed by atoms with Gasteiger partial charge in [0.15, 0.2) is 0 Å². The summed E-state index contributed by atoms with van der Waals surface area (Å²) < 4.78 is 0. The first-order valence-electron chi connectivity index (χ1n) is 4.60. The van der Waals surface area contributed by atoms with Crippen molar-refractivity contribution in [2.75, 3.05) is 13.1 Å². The van der Waals surface area contributed by atoms with Crippen molar-refractivity contribution in [3.8, 4) is 0 Å². The van der Waals surface area contributed by atoms with Crippen LogP contribution in [0.5, 0.6) is 0 Å². The van der Waals surface area contributed by atoms with Gasteiger partial charge in [-0.05, 0) is 12.5 Å². The predicted molar refractivity (Wildman–Crippen MR) is 52.1 cm³/mol. The third-order valence-corrected chi connectivity index (χ3v) is 2.65. The van der Waals surface area contributed by atoms with Gasteiger partial charge in [-0.2, -0.15) is 0 Å². The fraction of sp³-hybridized carbons (Fsp3) is 0.600. The summed E-state index contributed by atoms with van der Waals surface area (Å²) in [4.78, 5) is 22.5. The zero-order valence-corrected chi connectivity index (χ0v) is 8.49. The normalized spacial score (nSPS) is 23.6. The molecular weight excluding hydrogens is 182 g/mol. The minimum atomic E-state index is -0.886. The van der Waals surface area contributed by atoms with Gasteiger partial charge in [-0.1, -0.05) is 19.4 Å². The molecule has 1 heterocycles. The minimum absolute atomic E-state index is 0.225. The lowest BCUT2D eigenvalue weighted by Crippen LogP contribution is -2.44. The van der Waals surface area contributed by atoms with E-state index in [0.717, 1.165) is 11.9 Å². The Labute approximate surface area is 83.2 Å². The molecule has 0 aromatic rings. The van der Waals surface area contributed by atoms with Crippen LogP contribution in [0.25, 0.3) is 0 Å². The van der Waals surface area contributed by atoms with Gasteiger partial charge in [-0.25, -0.2) is 4.79 Å². The molecule has 0 bridgehead atoms. The Morgan fingerprint density at radius 2 is 2.21 bits per heavy atom. The molecule has 0 unspecified atom stereocenters. The number of nitrogens with zero attached hydrogens (tertiary/aromatic N) is 1. The molecule has 1 fully saturated rings. The fourth-order valence-electron chi connectivity index (χ4n) is 1.81. The van der Waals surface area contributed by atoms with E-state index < -0.39 is 6.09 Å². The van der Waals surface area contributed by atoms with Crippen LogP contribution in [0.3, 0.4) is 0 Å². The summed E-state index contributed by atoms with van der Waals surface area (Å²) in [5.41, 5.74) is 0.808. The van der Waals surface area contributed by atoms with Crippen LogP contribution in [0.4, 0.5) is 4.79 Å². The van der Waals surface area contributed by atoms with E-state index in [9.17, 15) is 9.59 Å². The Morgan fingerprint density at radius 1 is 1.57 bits per heavy atom. The molecule has 4 nitrogen and oxygen atoms in total. The predicted octanol–water partition coefficient (Wildman–Crippen LogP) is 1.52. The van der Waals surface area contributed by atoms with Crippen LogP contribution in [-0.4, -0.2) is 35.5 Å². The molecule has 0 aromatic heterocycles. The number of hydrogen-bond donors (Lipinski definition) is 1. The van der Waals surface area contributed by atoms with Crippen LogP contribution in [0.1, 0.15) is 20.3 Å². The summed E-state index contributed by atoms with van der Waals surface area (Å²) in [6.45, 7) is 4.86. The SMILES string of the molecule is CC1(C)CN(C(=O)O)CCC1=CC=O. The Kier molecular flexibility index (Phi) is 2.93. The maximum atomic E-state index is 10.7. The monoisotopic (exact) mass is 197 g/mol. The molecular formula is C10H15NO3. The maximum absolute atomic E-state index is 10.7. The third-order valence-electron chi connectivity index (χ3n) is 2.65. The lowest BCUT2D eigenvalue weighted by atomic mass is 9.79. The first kappa shape index (κ1) is 10.8. The van der Waals surface area contributed by atoms with E-state index in [2.05, 4.69) is 0 Å². The lowest BCUT2D eigenvalue weighted by Gasteiger charge is -2.38. The molecule has 1 aliphatic heterocycles. The fourth-order valence-corrected chi connectivity index (χ4v) is 1.81. The number of allylic oxidation sites excluding steroid dienone is 1. The van der Waals surface area contributed by atoms with Gasteiger partial charge < -0.3 is 10.0 Å². The molecule has 0 spiro atoms. The third kappa shape index (κ3) is 2.13. The van der Waals surface area contributed by atoms with Crippen LogP contribution >= 0.6 is 0 Å². The van der Waals surface area contributed by atoms with Gasteiger partial charge in [0.1, 0.15) is 6.29 Å². The van der Waals surface area contributed by atoms with Crippen LogP contribution in [-0.2, 0) is 4.79 Å². The number of likely N-dealkylation sites (tertiary alicyclic amines) is 1. The Morgan fingerprint density at radius 3 is 2.64 bits per heavy atom. The molecule has 0 aliphatic carbocycles. The number of carboxylic acid groups (broad SMARTS) is 1.